The van der Waals surface area contributed by atoms with E-state index in [0.29, 0.717) is 40.5 Å². The summed E-state index contributed by atoms with van der Waals surface area (Å²) in [6, 6.07) is 11.0. The summed E-state index contributed by atoms with van der Waals surface area (Å²) in [5.41, 5.74) is 1.98. The second kappa shape index (κ2) is 8.94. The van der Waals surface area contributed by atoms with E-state index >= 15 is 0 Å². The van der Waals surface area contributed by atoms with E-state index in [1.54, 1.807) is 25.3 Å². The minimum Gasteiger partial charge on any atom is -0.493 e. The molecule has 0 atom stereocenters. The van der Waals surface area contributed by atoms with Crippen LogP contribution in [0.4, 0.5) is 0 Å². The van der Waals surface area contributed by atoms with Crippen LogP contribution in [-0.4, -0.2) is 29.6 Å². The largest absolute Gasteiger partial charge is 0.493 e. The van der Waals surface area contributed by atoms with Crippen molar-refractivity contribution in [1.82, 2.24) is 10.2 Å². The predicted octanol–water partition coefficient (Wildman–Crippen LogP) is 4.77. The van der Waals surface area contributed by atoms with E-state index in [-0.39, 0.29) is 5.91 Å². The number of methoxy groups -OCH3 is 1. The maximum Gasteiger partial charge on any atom is 0.276 e. The molecule has 8 heteroatoms. The van der Waals surface area contributed by atoms with Crippen LogP contribution in [-0.2, 0) is 11.3 Å². The van der Waals surface area contributed by atoms with Gasteiger partial charge in [-0.1, -0.05) is 29.8 Å². The van der Waals surface area contributed by atoms with E-state index in [0.717, 1.165) is 15.6 Å². The van der Waals surface area contributed by atoms with Crippen LogP contribution in [0.2, 0.25) is 5.02 Å². The number of nitrogens with one attached hydrogen (secondary N) is 1. The minimum absolute atomic E-state index is 0.214. The molecule has 0 radical (unpaired) electrons. The van der Waals surface area contributed by atoms with Gasteiger partial charge < -0.3 is 14.8 Å². The lowest BCUT2D eigenvalue weighted by Gasteiger charge is -2.14. The number of amides is 1. The van der Waals surface area contributed by atoms with Crippen molar-refractivity contribution < 1.29 is 14.3 Å². The Morgan fingerprint density at radius 1 is 1.32 bits per heavy atom. The van der Waals surface area contributed by atoms with Gasteiger partial charge in [0.1, 0.15) is 5.70 Å². The Bertz CT molecular complexity index is 964. The highest BCUT2D eigenvalue weighted by Crippen LogP contribution is 2.37. The first-order valence-electron chi connectivity index (χ1n) is 8.52. The lowest BCUT2D eigenvalue weighted by Crippen LogP contribution is -2.30. The van der Waals surface area contributed by atoms with Crippen LogP contribution in [0.25, 0.3) is 6.08 Å². The fourth-order valence-electron chi connectivity index (χ4n) is 2.79. The Kier molecular flexibility index (Phi) is 6.59. The molecule has 0 aromatic heterocycles. The van der Waals surface area contributed by atoms with E-state index in [9.17, 15) is 4.79 Å². The zero-order chi connectivity index (χ0) is 20.3. The molecular weight excluding hydrogens is 464 g/mol. The molecule has 5 nitrogen and oxygen atoms in total. The van der Waals surface area contributed by atoms with Gasteiger partial charge in [-0.25, -0.2) is 0 Å². The summed E-state index contributed by atoms with van der Waals surface area (Å²) in [4.78, 5) is 14.3. The van der Waals surface area contributed by atoms with Crippen LogP contribution >= 0.6 is 39.7 Å². The Morgan fingerprint density at radius 2 is 2.07 bits per heavy atom. The van der Waals surface area contributed by atoms with Crippen LogP contribution in [0.5, 0.6) is 11.5 Å². The van der Waals surface area contributed by atoms with Gasteiger partial charge in [-0.2, -0.15) is 0 Å². The number of thiocarbonyl (C=S) groups is 1. The molecule has 1 saturated heterocycles. The molecule has 1 N–H and O–H groups in total. The van der Waals surface area contributed by atoms with Crippen molar-refractivity contribution in [3.8, 4) is 11.5 Å². The number of carbonyl (C=O) groups is 1. The summed E-state index contributed by atoms with van der Waals surface area (Å²) in [6.45, 7) is 2.72. The smallest absolute Gasteiger partial charge is 0.276 e. The third-order valence-corrected chi connectivity index (χ3v) is 5.38. The molecule has 0 saturated carbocycles. The summed E-state index contributed by atoms with van der Waals surface area (Å²) in [7, 11) is 1.57. The van der Waals surface area contributed by atoms with Crippen LogP contribution in [0.15, 0.2) is 46.6 Å². The number of benzene rings is 2. The number of rotatable bonds is 6. The summed E-state index contributed by atoms with van der Waals surface area (Å²) in [5.74, 6) is 0.978. The topological polar surface area (TPSA) is 50.8 Å². The van der Waals surface area contributed by atoms with E-state index in [4.69, 9.17) is 33.3 Å². The van der Waals surface area contributed by atoms with Crippen molar-refractivity contribution in [3.63, 3.8) is 0 Å². The fraction of sp³-hybridized carbons (Fsp3) is 0.200. The SMILES string of the molecule is CCOc1c(Br)cc(/C=C2\NC(=S)N(Cc3ccccc3Cl)C2=O)cc1OC. The molecule has 1 aliphatic heterocycles. The summed E-state index contributed by atoms with van der Waals surface area (Å²) in [5, 5.41) is 3.91. The van der Waals surface area contributed by atoms with Crippen molar-refractivity contribution >= 4 is 56.8 Å². The molecule has 146 valence electrons. The Morgan fingerprint density at radius 3 is 2.75 bits per heavy atom. The second-order valence-electron chi connectivity index (χ2n) is 5.94. The van der Waals surface area contributed by atoms with Gasteiger partial charge >= 0.3 is 0 Å². The Balaban J connectivity index is 1.87. The van der Waals surface area contributed by atoms with Crippen LogP contribution < -0.4 is 14.8 Å². The predicted molar refractivity (Wildman–Crippen MR) is 118 cm³/mol. The molecule has 3 rings (SSSR count). The molecule has 2 aromatic rings. The number of nitrogens with zero attached hydrogens (tertiary/aromatic N) is 1. The number of carbonyl (C=O) groups excluding carboxylic acids is 1. The second-order valence-corrected chi connectivity index (χ2v) is 7.59. The van der Waals surface area contributed by atoms with Crippen molar-refractivity contribution in [3.05, 3.63) is 62.7 Å². The van der Waals surface area contributed by atoms with E-state index < -0.39 is 0 Å². The first-order chi connectivity index (χ1) is 13.4. The van der Waals surface area contributed by atoms with E-state index in [2.05, 4.69) is 21.2 Å². The monoisotopic (exact) mass is 480 g/mol. The van der Waals surface area contributed by atoms with Gasteiger partial charge in [-0.3, -0.25) is 9.69 Å². The molecule has 0 spiro atoms. The van der Waals surface area contributed by atoms with Crippen molar-refractivity contribution in [2.45, 2.75) is 13.5 Å². The number of hydrogen-bond acceptors (Lipinski definition) is 4. The quantitative estimate of drug-likeness (QED) is 0.476. The molecule has 1 amide bonds. The third-order valence-electron chi connectivity index (χ3n) is 4.10. The number of hydrogen-bond donors (Lipinski definition) is 1. The van der Waals surface area contributed by atoms with Crippen molar-refractivity contribution in [1.29, 1.82) is 0 Å². The highest BCUT2D eigenvalue weighted by atomic mass is 79.9. The minimum atomic E-state index is -0.214. The molecule has 1 heterocycles. The van der Waals surface area contributed by atoms with Crippen LogP contribution in [0.3, 0.4) is 0 Å². The normalized spacial score (nSPS) is 15.1. The van der Waals surface area contributed by atoms with E-state index in [1.165, 1.54) is 4.90 Å². The Labute approximate surface area is 182 Å². The number of ether oxygens (including phenoxy) is 2. The van der Waals surface area contributed by atoms with Gasteiger partial charge in [-0.15, -0.1) is 0 Å². The molecule has 28 heavy (non-hydrogen) atoms. The molecular formula is C20H18BrClN2O3S. The standard InChI is InChI=1S/C20H18BrClN2O3S/c1-3-27-18-14(21)8-12(10-17(18)26-2)9-16-19(25)24(20(28)23-16)11-13-6-4-5-7-15(13)22/h4-10H,3,11H2,1-2H3,(H,23,28)/b16-9-. The maximum absolute atomic E-state index is 12.8. The average molecular weight is 482 g/mol. The zero-order valence-electron chi connectivity index (χ0n) is 15.3. The highest BCUT2D eigenvalue weighted by molar-refractivity contribution is 9.10. The first-order valence-corrected chi connectivity index (χ1v) is 10.1. The lowest BCUT2D eigenvalue weighted by molar-refractivity contribution is -0.122. The maximum atomic E-state index is 12.8. The first kappa shape index (κ1) is 20.6. The van der Waals surface area contributed by atoms with E-state index in [1.807, 2.05) is 31.2 Å². The summed E-state index contributed by atoms with van der Waals surface area (Å²) >= 11 is 15.0. The van der Waals surface area contributed by atoms with Crippen LogP contribution in [0, 0.1) is 0 Å². The highest BCUT2D eigenvalue weighted by Gasteiger charge is 2.31. The number of halogens is 2. The van der Waals surface area contributed by atoms with Gasteiger partial charge in [0.15, 0.2) is 16.6 Å². The van der Waals surface area contributed by atoms with Gasteiger partial charge in [0.25, 0.3) is 5.91 Å². The van der Waals surface area contributed by atoms with Crippen molar-refractivity contribution in [2.75, 3.05) is 13.7 Å². The Hall–Kier alpha value is -2.09. The molecule has 2 aromatic carbocycles. The van der Waals surface area contributed by atoms with Gasteiger partial charge in [0.2, 0.25) is 0 Å². The molecule has 0 aliphatic carbocycles. The molecule has 0 unspecified atom stereocenters. The fourth-order valence-corrected chi connectivity index (χ4v) is 3.81. The van der Waals surface area contributed by atoms with Gasteiger partial charge in [0, 0.05) is 5.02 Å². The third kappa shape index (κ3) is 4.32. The van der Waals surface area contributed by atoms with Gasteiger partial charge in [0.05, 0.1) is 24.7 Å². The molecule has 0 bridgehead atoms. The summed E-state index contributed by atoms with van der Waals surface area (Å²) in [6.07, 6.45) is 1.73. The average Bonchev–Trinajstić information content (AvgIpc) is 2.92. The van der Waals surface area contributed by atoms with Gasteiger partial charge in [-0.05, 0) is 70.5 Å². The molecule has 1 fully saturated rings. The van der Waals surface area contributed by atoms with Crippen LogP contribution in [0.1, 0.15) is 18.1 Å². The van der Waals surface area contributed by atoms with Crippen molar-refractivity contribution in [2.24, 2.45) is 0 Å². The zero-order valence-corrected chi connectivity index (χ0v) is 18.5. The lowest BCUT2D eigenvalue weighted by atomic mass is 10.1. The summed E-state index contributed by atoms with van der Waals surface area (Å²) < 4.78 is 11.7. The molecule has 1 aliphatic rings.